The Morgan fingerprint density at radius 1 is 0.415 bits per heavy atom. The summed E-state index contributed by atoms with van der Waals surface area (Å²) in [6, 6.07) is -0.630. The predicted molar refractivity (Wildman–Crippen MR) is 283 cm³/mol. The van der Waals surface area contributed by atoms with Gasteiger partial charge >= 0.3 is 5.97 Å². The number of hydrogen-bond acceptors (Lipinski definition) is 5. The van der Waals surface area contributed by atoms with Crippen LogP contribution in [0.1, 0.15) is 303 Å². The van der Waals surface area contributed by atoms with Crippen LogP contribution in [0.15, 0.2) is 36.5 Å². The van der Waals surface area contributed by atoms with E-state index in [0.29, 0.717) is 19.4 Å². The normalized spacial score (nSPS) is 12.9. The van der Waals surface area contributed by atoms with Gasteiger partial charge in [0, 0.05) is 12.8 Å². The van der Waals surface area contributed by atoms with Crippen LogP contribution in [0.2, 0.25) is 0 Å². The molecule has 0 spiro atoms. The molecule has 3 N–H and O–H groups in total. The largest absolute Gasteiger partial charge is 0.466 e. The summed E-state index contributed by atoms with van der Waals surface area (Å²) in [6.07, 6.45) is 67.5. The summed E-state index contributed by atoms with van der Waals surface area (Å²) in [5, 5.41) is 22.9. The standard InChI is InChI=1S/C59H111NO5/c1-3-5-7-9-11-13-14-15-16-27-30-33-37-41-45-49-53-59(64)65-54-50-46-42-38-34-31-28-25-23-21-19-17-18-20-22-24-26-29-32-36-40-44-48-52-58(63)60-56(55-61)57(62)51-47-43-39-35-12-10-8-6-4-2/h16,20,22,27,47,51,56-57,61-62H,3-15,17-19,21,23-26,28-46,48-50,52-55H2,1-2H3,(H,60,63)/b22-20-,27-16-,51-47+. The second-order valence-electron chi connectivity index (χ2n) is 19.6. The van der Waals surface area contributed by atoms with Gasteiger partial charge in [-0.05, 0) is 83.5 Å². The lowest BCUT2D eigenvalue weighted by molar-refractivity contribution is -0.143. The molecular formula is C59H111NO5. The van der Waals surface area contributed by atoms with Gasteiger partial charge in [0.15, 0.2) is 0 Å². The van der Waals surface area contributed by atoms with Crippen LogP contribution < -0.4 is 5.32 Å². The zero-order valence-electron chi connectivity index (χ0n) is 43.5. The Labute approximate surface area is 404 Å². The Balaban J connectivity index is 3.40. The van der Waals surface area contributed by atoms with Crippen molar-refractivity contribution in [3.63, 3.8) is 0 Å². The van der Waals surface area contributed by atoms with Crippen LogP contribution in [0, 0.1) is 0 Å². The van der Waals surface area contributed by atoms with Gasteiger partial charge in [0.2, 0.25) is 5.91 Å². The quantitative estimate of drug-likeness (QED) is 0.0321. The van der Waals surface area contributed by atoms with E-state index in [9.17, 15) is 19.8 Å². The van der Waals surface area contributed by atoms with Gasteiger partial charge in [0.05, 0.1) is 25.4 Å². The summed E-state index contributed by atoms with van der Waals surface area (Å²) in [5.41, 5.74) is 0. The fourth-order valence-electron chi connectivity index (χ4n) is 8.68. The van der Waals surface area contributed by atoms with Gasteiger partial charge < -0.3 is 20.3 Å². The molecule has 0 saturated heterocycles. The Kier molecular flexibility index (Phi) is 53.1. The number of aliphatic hydroxyl groups is 2. The van der Waals surface area contributed by atoms with Gasteiger partial charge in [-0.3, -0.25) is 9.59 Å². The molecule has 0 heterocycles. The molecule has 382 valence electrons. The number of allylic oxidation sites excluding steroid dienone is 5. The third kappa shape index (κ3) is 51.3. The number of amides is 1. The van der Waals surface area contributed by atoms with Gasteiger partial charge in [-0.25, -0.2) is 0 Å². The van der Waals surface area contributed by atoms with Gasteiger partial charge in [0.1, 0.15) is 0 Å². The minimum atomic E-state index is -0.846. The number of ether oxygens (including phenoxy) is 1. The van der Waals surface area contributed by atoms with E-state index < -0.39 is 12.1 Å². The van der Waals surface area contributed by atoms with Crippen molar-refractivity contribution in [3.8, 4) is 0 Å². The first kappa shape index (κ1) is 63.1. The molecule has 0 aliphatic rings. The molecule has 2 unspecified atom stereocenters. The fourth-order valence-corrected chi connectivity index (χ4v) is 8.68. The van der Waals surface area contributed by atoms with Crippen LogP contribution in [0.5, 0.6) is 0 Å². The second-order valence-corrected chi connectivity index (χ2v) is 19.6. The lowest BCUT2D eigenvalue weighted by Crippen LogP contribution is -2.45. The van der Waals surface area contributed by atoms with Crippen LogP contribution in [-0.2, 0) is 14.3 Å². The van der Waals surface area contributed by atoms with Crippen LogP contribution in [0.4, 0.5) is 0 Å². The monoisotopic (exact) mass is 914 g/mol. The molecule has 0 bridgehead atoms. The number of carbonyl (C=O) groups is 2. The Hall–Kier alpha value is -1.92. The van der Waals surface area contributed by atoms with Crippen LogP contribution >= 0.6 is 0 Å². The van der Waals surface area contributed by atoms with E-state index in [1.807, 2.05) is 6.08 Å². The SMILES string of the molecule is CCCCCCCCC/C=C\CCCCCCCC(=O)OCCCCCCCCCCCCCC/C=C\CCCCCCCCCC(=O)NC(CO)C(O)/C=C/CCCCCCCCC. The first-order valence-electron chi connectivity index (χ1n) is 28.8. The summed E-state index contributed by atoms with van der Waals surface area (Å²) < 4.78 is 5.48. The van der Waals surface area contributed by atoms with Gasteiger partial charge in [-0.15, -0.1) is 0 Å². The molecule has 0 aromatic rings. The number of aliphatic hydroxyl groups excluding tert-OH is 2. The molecule has 6 heteroatoms. The third-order valence-corrected chi connectivity index (χ3v) is 13.1. The number of carbonyl (C=O) groups excluding carboxylic acids is 2. The van der Waals surface area contributed by atoms with E-state index in [2.05, 4.69) is 43.5 Å². The number of rotatable bonds is 53. The van der Waals surface area contributed by atoms with E-state index in [0.717, 1.165) is 51.4 Å². The zero-order valence-corrected chi connectivity index (χ0v) is 43.5. The molecule has 0 fully saturated rings. The smallest absolute Gasteiger partial charge is 0.305 e. The maximum absolute atomic E-state index is 12.4. The summed E-state index contributed by atoms with van der Waals surface area (Å²) >= 11 is 0. The minimum absolute atomic E-state index is 0.00311. The van der Waals surface area contributed by atoms with Gasteiger partial charge in [-0.1, -0.05) is 243 Å². The molecule has 0 radical (unpaired) electrons. The van der Waals surface area contributed by atoms with E-state index in [4.69, 9.17) is 4.74 Å². The van der Waals surface area contributed by atoms with Gasteiger partial charge in [-0.2, -0.15) is 0 Å². The molecule has 0 aliphatic heterocycles. The van der Waals surface area contributed by atoms with Crippen molar-refractivity contribution >= 4 is 11.9 Å². The molecule has 2 atom stereocenters. The molecule has 0 aromatic heterocycles. The minimum Gasteiger partial charge on any atom is -0.466 e. The summed E-state index contributed by atoms with van der Waals surface area (Å²) in [5.74, 6) is -0.0742. The van der Waals surface area contributed by atoms with E-state index in [1.165, 1.54) is 225 Å². The van der Waals surface area contributed by atoms with E-state index >= 15 is 0 Å². The number of unbranched alkanes of at least 4 members (excludes halogenated alkanes) is 38. The highest BCUT2D eigenvalue weighted by molar-refractivity contribution is 5.76. The summed E-state index contributed by atoms with van der Waals surface area (Å²) in [6.45, 7) is 4.87. The maximum Gasteiger partial charge on any atom is 0.305 e. The molecular weight excluding hydrogens is 803 g/mol. The fraction of sp³-hybridized carbons (Fsp3) is 0.864. The average molecular weight is 915 g/mol. The van der Waals surface area contributed by atoms with Crippen molar-refractivity contribution < 1.29 is 24.5 Å². The molecule has 6 nitrogen and oxygen atoms in total. The molecule has 0 aromatic carbocycles. The zero-order chi connectivity index (χ0) is 47.2. The lowest BCUT2D eigenvalue weighted by Gasteiger charge is -2.20. The third-order valence-electron chi connectivity index (χ3n) is 13.1. The highest BCUT2D eigenvalue weighted by atomic mass is 16.5. The Bertz CT molecular complexity index is 1060. The molecule has 0 saturated carbocycles. The van der Waals surface area contributed by atoms with Crippen LogP contribution in [0.25, 0.3) is 0 Å². The van der Waals surface area contributed by atoms with E-state index in [-0.39, 0.29) is 18.5 Å². The Morgan fingerprint density at radius 3 is 1.09 bits per heavy atom. The average Bonchev–Trinajstić information content (AvgIpc) is 3.31. The first-order chi connectivity index (χ1) is 32.0. The number of esters is 1. The summed E-state index contributed by atoms with van der Waals surface area (Å²) in [4.78, 5) is 24.4. The van der Waals surface area contributed by atoms with Crippen molar-refractivity contribution in [2.24, 2.45) is 0 Å². The number of hydrogen-bond donors (Lipinski definition) is 3. The van der Waals surface area contributed by atoms with Crippen molar-refractivity contribution in [1.82, 2.24) is 5.32 Å². The van der Waals surface area contributed by atoms with Crippen molar-refractivity contribution in [2.45, 2.75) is 315 Å². The van der Waals surface area contributed by atoms with E-state index in [1.54, 1.807) is 6.08 Å². The molecule has 65 heavy (non-hydrogen) atoms. The second kappa shape index (κ2) is 54.7. The molecule has 0 rings (SSSR count). The van der Waals surface area contributed by atoms with Crippen LogP contribution in [-0.4, -0.2) is 47.4 Å². The molecule has 1 amide bonds. The van der Waals surface area contributed by atoms with Crippen molar-refractivity contribution in [2.75, 3.05) is 13.2 Å². The topological polar surface area (TPSA) is 95.9 Å². The number of nitrogens with one attached hydrogen (secondary N) is 1. The highest BCUT2D eigenvalue weighted by Gasteiger charge is 2.18. The lowest BCUT2D eigenvalue weighted by atomic mass is 10.0. The maximum atomic E-state index is 12.4. The van der Waals surface area contributed by atoms with Gasteiger partial charge in [0.25, 0.3) is 0 Å². The van der Waals surface area contributed by atoms with Crippen molar-refractivity contribution in [3.05, 3.63) is 36.5 Å². The Morgan fingerprint density at radius 2 is 0.723 bits per heavy atom. The highest BCUT2D eigenvalue weighted by Crippen LogP contribution is 2.16. The summed E-state index contributed by atoms with van der Waals surface area (Å²) in [7, 11) is 0. The predicted octanol–water partition coefficient (Wildman–Crippen LogP) is 17.6. The van der Waals surface area contributed by atoms with Crippen LogP contribution in [0.3, 0.4) is 0 Å². The first-order valence-corrected chi connectivity index (χ1v) is 28.8. The molecule has 0 aliphatic carbocycles. The van der Waals surface area contributed by atoms with Crippen molar-refractivity contribution in [1.29, 1.82) is 0 Å².